The lowest BCUT2D eigenvalue weighted by molar-refractivity contribution is -0.122. The Kier molecular flexibility index (Phi) is 3.09. The number of amides is 1. The van der Waals surface area contributed by atoms with Crippen LogP contribution in [0, 0.1) is 11.8 Å². The Morgan fingerprint density at radius 3 is 2.75 bits per heavy atom. The van der Waals surface area contributed by atoms with Crippen molar-refractivity contribution < 1.29 is 4.79 Å². The number of hydrogen-bond acceptors (Lipinski definition) is 2. The highest BCUT2D eigenvalue weighted by molar-refractivity contribution is 5.81. The van der Waals surface area contributed by atoms with Crippen molar-refractivity contribution in [2.45, 2.75) is 32.7 Å². The molecule has 70 valence electrons. The summed E-state index contributed by atoms with van der Waals surface area (Å²) in [5.41, 5.74) is 5.63. The van der Waals surface area contributed by atoms with Gasteiger partial charge in [0, 0.05) is 6.54 Å². The summed E-state index contributed by atoms with van der Waals surface area (Å²) in [6.45, 7) is 5.17. The monoisotopic (exact) mass is 170 g/mol. The van der Waals surface area contributed by atoms with Gasteiger partial charge in [-0.05, 0) is 24.7 Å². The van der Waals surface area contributed by atoms with Crippen molar-refractivity contribution >= 4 is 5.91 Å². The average molecular weight is 170 g/mol. The molecule has 3 heteroatoms. The predicted molar refractivity (Wildman–Crippen MR) is 48.5 cm³/mol. The minimum absolute atomic E-state index is 0.0122. The second kappa shape index (κ2) is 3.90. The Morgan fingerprint density at radius 2 is 2.17 bits per heavy atom. The van der Waals surface area contributed by atoms with E-state index in [0.29, 0.717) is 11.8 Å². The van der Waals surface area contributed by atoms with Crippen LogP contribution in [0.2, 0.25) is 0 Å². The van der Waals surface area contributed by atoms with Crippen LogP contribution in [-0.4, -0.2) is 18.5 Å². The molecule has 0 aromatic rings. The Labute approximate surface area is 73.7 Å². The molecule has 12 heavy (non-hydrogen) atoms. The van der Waals surface area contributed by atoms with E-state index in [1.807, 2.05) is 0 Å². The number of hydrogen-bond donors (Lipinski definition) is 2. The maximum atomic E-state index is 11.1. The molecule has 1 aliphatic rings. The van der Waals surface area contributed by atoms with Crippen molar-refractivity contribution in [2.75, 3.05) is 6.54 Å². The van der Waals surface area contributed by atoms with Crippen LogP contribution in [0.25, 0.3) is 0 Å². The molecule has 0 radical (unpaired) electrons. The molecule has 1 saturated heterocycles. The van der Waals surface area contributed by atoms with Gasteiger partial charge >= 0.3 is 0 Å². The van der Waals surface area contributed by atoms with Gasteiger partial charge in [-0.3, -0.25) is 4.79 Å². The number of nitrogens with one attached hydrogen (secondary N) is 1. The van der Waals surface area contributed by atoms with Gasteiger partial charge in [0.15, 0.2) is 0 Å². The maximum absolute atomic E-state index is 11.1. The van der Waals surface area contributed by atoms with Gasteiger partial charge in [0.25, 0.3) is 0 Å². The Bertz CT molecular complexity index is 168. The van der Waals surface area contributed by atoms with Crippen LogP contribution in [0.1, 0.15) is 26.7 Å². The Morgan fingerprint density at radius 1 is 1.50 bits per heavy atom. The first-order valence-corrected chi connectivity index (χ1v) is 4.64. The van der Waals surface area contributed by atoms with Crippen LogP contribution in [-0.2, 0) is 4.79 Å². The Hall–Kier alpha value is -0.570. The second-order valence-corrected chi connectivity index (χ2v) is 3.93. The van der Waals surface area contributed by atoms with E-state index in [1.54, 1.807) is 0 Å². The smallest absolute Gasteiger partial charge is 0.236 e. The largest absolute Gasteiger partial charge is 0.354 e. The lowest BCUT2D eigenvalue weighted by Crippen LogP contribution is -2.39. The first-order chi connectivity index (χ1) is 5.61. The minimum atomic E-state index is -0.284. The lowest BCUT2D eigenvalue weighted by atomic mass is 9.91. The Balaban J connectivity index is 2.49. The molecule has 3 N–H and O–H groups in total. The minimum Gasteiger partial charge on any atom is -0.354 e. The van der Waals surface area contributed by atoms with Gasteiger partial charge in [0.2, 0.25) is 5.91 Å². The molecule has 1 amide bonds. The third kappa shape index (κ3) is 2.21. The van der Waals surface area contributed by atoms with Crippen molar-refractivity contribution in [1.29, 1.82) is 0 Å². The summed E-state index contributed by atoms with van der Waals surface area (Å²) < 4.78 is 0. The van der Waals surface area contributed by atoms with E-state index < -0.39 is 0 Å². The van der Waals surface area contributed by atoms with Crippen LogP contribution in [0.4, 0.5) is 0 Å². The standard InChI is InChI=1S/C9H18N2O/c1-6(2)7-3-4-8(10)9(12)11-5-7/h6-8H,3-5,10H2,1-2H3,(H,11,12)/t7?,8-/m1/s1. The highest BCUT2D eigenvalue weighted by atomic mass is 16.2. The topological polar surface area (TPSA) is 55.1 Å². The first kappa shape index (κ1) is 9.52. The maximum Gasteiger partial charge on any atom is 0.236 e. The summed E-state index contributed by atoms with van der Waals surface area (Å²) in [7, 11) is 0. The molecule has 0 aromatic carbocycles. The molecule has 0 aliphatic carbocycles. The highest BCUT2D eigenvalue weighted by Crippen LogP contribution is 2.19. The van der Waals surface area contributed by atoms with Crippen molar-refractivity contribution in [3.8, 4) is 0 Å². The van der Waals surface area contributed by atoms with E-state index in [2.05, 4.69) is 19.2 Å². The molecule has 0 spiro atoms. The van der Waals surface area contributed by atoms with Crippen LogP contribution in [0.15, 0.2) is 0 Å². The van der Waals surface area contributed by atoms with Crippen molar-refractivity contribution in [3.63, 3.8) is 0 Å². The van der Waals surface area contributed by atoms with Crippen molar-refractivity contribution in [3.05, 3.63) is 0 Å². The quantitative estimate of drug-likeness (QED) is 0.602. The molecule has 1 aliphatic heterocycles. The summed E-state index contributed by atoms with van der Waals surface area (Å²) in [5, 5.41) is 2.86. The first-order valence-electron chi connectivity index (χ1n) is 4.64. The molecule has 1 fully saturated rings. The highest BCUT2D eigenvalue weighted by Gasteiger charge is 2.23. The summed E-state index contributed by atoms with van der Waals surface area (Å²) >= 11 is 0. The summed E-state index contributed by atoms with van der Waals surface area (Å²) in [5.74, 6) is 1.25. The molecule has 1 unspecified atom stereocenters. The summed E-state index contributed by atoms with van der Waals surface area (Å²) in [6, 6.07) is -0.284. The van der Waals surface area contributed by atoms with Crippen molar-refractivity contribution in [2.24, 2.45) is 17.6 Å². The fourth-order valence-electron chi connectivity index (χ4n) is 1.56. The molecule has 1 rings (SSSR count). The van der Waals surface area contributed by atoms with Gasteiger partial charge < -0.3 is 11.1 Å². The molecule has 1 heterocycles. The van der Waals surface area contributed by atoms with E-state index in [1.165, 1.54) is 0 Å². The van der Waals surface area contributed by atoms with E-state index in [0.717, 1.165) is 19.4 Å². The molecule has 0 aromatic heterocycles. The third-order valence-electron chi connectivity index (χ3n) is 2.67. The zero-order valence-electron chi connectivity index (χ0n) is 7.84. The van der Waals surface area contributed by atoms with E-state index in [-0.39, 0.29) is 11.9 Å². The van der Waals surface area contributed by atoms with Crippen LogP contribution in [0.3, 0.4) is 0 Å². The number of carbonyl (C=O) groups excluding carboxylic acids is 1. The van der Waals surface area contributed by atoms with E-state index in [4.69, 9.17) is 5.73 Å². The average Bonchev–Trinajstić information content (AvgIpc) is 2.16. The van der Waals surface area contributed by atoms with Gasteiger partial charge in [0.05, 0.1) is 6.04 Å². The second-order valence-electron chi connectivity index (χ2n) is 3.93. The fourth-order valence-corrected chi connectivity index (χ4v) is 1.56. The van der Waals surface area contributed by atoms with Gasteiger partial charge in [-0.2, -0.15) is 0 Å². The zero-order valence-corrected chi connectivity index (χ0v) is 7.84. The molecular formula is C9H18N2O. The van der Waals surface area contributed by atoms with Gasteiger partial charge in [0.1, 0.15) is 0 Å². The van der Waals surface area contributed by atoms with Crippen LogP contribution < -0.4 is 11.1 Å². The molecule has 0 saturated carbocycles. The number of carbonyl (C=O) groups is 1. The van der Waals surface area contributed by atoms with Gasteiger partial charge in [-0.15, -0.1) is 0 Å². The lowest BCUT2D eigenvalue weighted by Gasteiger charge is -2.17. The van der Waals surface area contributed by atoms with E-state index >= 15 is 0 Å². The van der Waals surface area contributed by atoms with Crippen LogP contribution >= 0.6 is 0 Å². The molecular weight excluding hydrogens is 152 g/mol. The van der Waals surface area contributed by atoms with Gasteiger partial charge in [-0.25, -0.2) is 0 Å². The third-order valence-corrected chi connectivity index (χ3v) is 2.67. The molecule has 2 atom stereocenters. The van der Waals surface area contributed by atoms with Crippen molar-refractivity contribution in [1.82, 2.24) is 5.32 Å². The SMILES string of the molecule is CC(C)C1CC[C@@H](N)C(=O)NC1. The summed E-state index contributed by atoms with van der Waals surface area (Å²) in [4.78, 5) is 11.1. The number of rotatable bonds is 1. The zero-order chi connectivity index (χ0) is 9.14. The predicted octanol–water partition coefficient (Wildman–Crippen LogP) is 0.496. The van der Waals surface area contributed by atoms with Gasteiger partial charge in [-0.1, -0.05) is 13.8 Å². The summed E-state index contributed by atoms with van der Waals surface area (Å²) in [6.07, 6.45) is 1.90. The number of nitrogens with two attached hydrogens (primary N) is 1. The molecule has 3 nitrogen and oxygen atoms in total. The van der Waals surface area contributed by atoms with Crippen LogP contribution in [0.5, 0.6) is 0 Å². The normalized spacial score (nSPS) is 31.5. The molecule has 0 bridgehead atoms. The fraction of sp³-hybridized carbons (Fsp3) is 0.889. The van der Waals surface area contributed by atoms with E-state index in [9.17, 15) is 4.79 Å².